The van der Waals surface area contributed by atoms with E-state index in [4.69, 9.17) is 19.5 Å². The van der Waals surface area contributed by atoms with E-state index < -0.39 is 0 Å². The highest BCUT2D eigenvalue weighted by Gasteiger charge is 2.33. The van der Waals surface area contributed by atoms with Gasteiger partial charge < -0.3 is 65.2 Å². The first-order chi connectivity index (χ1) is 26.3. The number of benzene rings is 1. The second-order valence-electron chi connectivity index (χ2n) is 13.5. The number of pyridine rings is 3. The maximum atomic E-state index is 7.32. The van der Waals surface area contributed by atoms with E-state index >= 15 is 0 Å². The molecular formula is C44H60Br3I3N4O3. The third-order valence-corrected chi connectivity index (χ3v) is 10.8. The first-order valence-corrected chi connectivity index (χ1v) is 22.9. The van der Waals surface area contributed by atoms with Gasteiger partial charge in [0.2, 0.25) is 0 Å². The number of hydrogen-bond donors (Lipinski definition) is 0. The summed E-state index contributed by atoms with van der Waals surface area (Å²) in [6.45, 7) is 12.1. The molecule has 316 valence electrons. The van der Waals surface area contributed by atoms with Crippen LogP contribution in [0.15, 0.2) is 73.6 Å². The normalized spacial score (nSPS) is 10.1. The van der Waals surface area contributed by atoms with E-state index in [0.717, 1.165) is 72.5 Å². The quantitative estimate of drug-likeness (QED) is 0.0613. The fraction of sp³-hybridized carbons (Fsp3) is 0.500. The van der Waals surface area contributed by atoms with Gasteiger partial charge in [0.1, 0.15) is 33.9 Å². The van der Waals surface area contributed by atoms with Crippen LogP contribution in [0.1, 0.15) is 121 Å². The lowest BCUT2D eigenvalue weighted by Gasteiger charge is -2.24. The van der Waals surface area contributed by atoms with E-state index in [-0.39, 0.29) is 50.9 Å². The van der Waals surface area contributed by atoms with Crippen molar-refractivity contribution in [2.75, 3.05) is 19.8 Å². The molecule has 1 aromatic carbocycles. The summed E-state index contributed by atoms with van der Waals surface area (Å²) in [4.78, 5) is 0. The van der Waals surface area contributed by atoms with Crippen LogP contribution in [-0.2, 0) is 19.6 Å². The molecule has 0 spiro atoms. The van der Waals surface area contributed by atoms with Gasteiger partial charge in [-0.2, -0.15) is 19.0 Å². The minimum absolute atomic E-state index is 0. The van der Waals surface area contributed by atoms with Crippen molar-refractivity contribution in [3.63, 3.8) is 0 Å². The van der Waals surface area contributed by atoms with Gasteiger partial charge in [0.05, 0.1) is 36.6 Å². The summed E-state index contributed by atoms with van der Waals surface area (Å²) in [5.41, 5.74) is 3.27. The number of nitrogens with zero attached hydrogens (tertiary/aromatic N) is 4. The number of ether oxygens (including phenoxy) is 3. The van der Waals surface area contributed by atoms with Crippen molar-refractivity contribution >= 4 is 67.8 Å². The molecule has 0 aliphatic heterocycles. The Balaban J connectivity index is 0.00000506. The Hall–Kier alpha value is -0.810. The van der Waals surface area contributed by atoms with Crippen LogP contribution < -0.4 is 78.9 Å². The Labute approximate surface area is 415 Å². The number of rotatable bonds is 24. The highest BCUT2D eigenvalue weighted by Crippen LogP contribution is 2.45. The smallest absolute Gasteiger partial charge is 0.182 e. The van der Waals surface area contributed by atoms with Crippen molar-refractivity contribution in [3.05, 3.63) is 101 Å². The maximum absolute atomic E-state index is 7.32. The Morgan fingerprint density at radius 3 is 0.982 bits per heavy atom. The second-order valence-corrected chi connectivity index (χ2v) is 17.2. The van der Waals surface area contributed by atoms with E-state index in [0.29, 0.717) is 39.5 Å². The van der Waals surface area contributed by atoms with Crippen LogP contribution in [-0.4, -0.2) is 19.8 Å². The zero-order valence-corrected chi connectivity index (χ0v) is 45.2. The predicted octanol–water partition coefficient (Wildman–Crippen LogP) is 1.93. The average molecular weight is 1310 g/mol. The van der Waals surface area contributed by atoms with Gasteiger partial charge in [-0.1, -0.05) is 78.6 Å². The standard InChI is InChI=1S/C42H57I3N3O3.C2H3N.3BrH/c1-4-7-10-13-25-49-40-37(31-46-22-16-19-34(43)28-46)41(50-26-14-11-8-5-2)39(33-48-24-18-21-36(45)30-48)42(51-27-15-12-9-6-3)38(40)32-47-23-17-20-35(44)29-47;1-2-3;;;/h16-24,28-30H,4-15,25-27,31-33H2,1-3H3;1H3;3*1H/q+3;;;;/p-3. The zero-order valence-electron chi connectivity index (χ0n) is 33.9. The van der Waals surface area contributed by atoms with Gasteiger partial charge in [-0.05, 0) is 105 Å². The molecule has 0 fully saturated rings. The number of halogens is 6. The van der Waals surface area contributed by atoms with E-state index in [1.54, 1.807) is 6.07 Å². The number of hydrogen-bond acceptors (Lipinski definition) is 4. The lowest BCUT2D eigenvalue weighted by molar-refractivity contribution is -0.691. The topological polar surface area (TPSA) is 63.1 Å². The average Bonchev–Trinajstić information content (AvgIpc) is 3.14. The predicted molar refractivity (Wildman–Crippen MR) is 242 cm³/mol. The van der Waals surface area contributed by atoms with Crippen molar-refractivity contribution < 1.29 is 78.9 Å². The fourth-order valence-electron chi connectivity index (χ4n) is 6.23. The summed E-state index contributed by atoms with van der Waals surface area (Å²) >= 11 is 7.21. The molecule has 13 heteroatoms. The summed E-state index contributed by atoms with van der Waals surface area (Å²) in [5.74, 6) is 2.73. The van der Waals surface area contributed by atoms with E-state index in [1.807, 2.05) is 0 Å². The molecule has 0 N–H and O–H groups in total. The van der Waals surface area contributed by atoms with Crippen LogP contribution in [0.5, 0.6) is 17.2 Å². The molecule has 0 atom stereocenters. The molecule has 0 aliphatic rings. The summed E-state index contributed by atoms with van der Waals surface area (Å²) in [5, 5.41) is 7.32. The van der Waals surface area contributed by atoms with Crippen LogP contribution in [0.2, 0.25) is 0 Å². The molecule has 0 saturated carbocycles. The first kappa shape index (κ1) is 56.2. The molecule has 7 nitrogen and oxygen atoms in total. The van der Waals surface area contributed by atoms with Crippen molar-refractivity contribution in [2.45, 2.75) is 124 Å². The minimum atomic E-state index is 0. The van der Waals surface area contributed by atoms with Gasteiger partial charge in [-0.15, -0.1) is 0 Å². The first-order valence-electron chi connectivity index (χ1n) is 19.7. The van der Waals surface area contributed by atoms with Crippen molar-refractivity contribution in [1.29, 1.82) is 5.26 Å². The third-order valence-electron chi connectivity index (χ3n) is 8.87. The number of unbranched alkanes of at least 4 members (excludes halogenated alkanes) is 9. The summed E-state index contributed by atoms with van der Waals surface area (Å²) < 4.78 is 31.4. The van der Waals surface area contributed by atoms with Gasteiger partial charge in [0.25, 0.3) is 0 Å². The molecule has 0 unspecified atom stereocenters. The van der Waals surface area contributed by atoms with Crippen molar-refractivity contribution in [2.24, 2.45) is 0 Å². The maximum Gasteiger partial charge on any atom is 0.182 e. The Morgan fingerprint density at radius 2 is 0.754 bits per heavy atom. The molecule has 0 aliphatic carbocycles. The van der Waals surface area contributed by atoms with E-state index in [2.05, 4.69) is 176 Å². The fourth-order valence-corrected chi connectivity index (χ4v) is 7.93. The largest absolute Gasteiger partial charge is 1.00 e. The molecule has 57 heavy (non-hydrogen) atoms. The number of nitriles is 1. The number of aromatic nitrogens is 3. The summed E-state index contributed by atoms with van der Waals surface area (Å²) in [6, 6.07) is 14.5. The van der Waals surface area contributed by atoms with Gasteiger partial charge in [-0.25, -0.2) is 0 Å². The van der Waals surface area contributed by atoms with E-state index in [1.165, 1.54) is 56.2 Å². The molecule has 0 saturated heterocycles. The van der Waals surface area contributed by atoms with Gasteiger partial charge >= 0.3 is 0 Å². The Bertz CT molecular complexity index is 1540. The van der Waals surface area contributed by atoms with E-state index in [9.17, 15) is 0 Å². The van der Waals surface area contributed by atoms with Gasteiger partial charge in [0, 0.05) is 25.1 Å². The highest BCUT2D eigenvalue weighted by atomic mass is 127. The molecule has 4 aromatic rings. The summed E-state index contributed by atoms with van der Waals surface area (Å²) in [6.07, 6.45) is 26.8. The Morgan fingerprint density at radius 1 is 0.491 bits per heavy atom. The third kappa shape index (κ3) is 21.0. The highest BCUT2D eigenvalue weighted by molar-refractivity contribution is 14.1. The molecule has 0 amide bonds. The lowest BCUT2D eigenvalue weighted by atomic mass is 9.98. The Kier molecular flexibility index (Phi) is 33.4. The SMILES string of the molecule is CC#N.CCCCCCOc1c(C[n+]2cccc(I)c2)c(OCCCCCC)c(C[n+]2cccc(I)c2)c(OCCCCCC)c1C[n+]1cccc(I)c1.[Br-].[Br-].[Br-]. The lowest BCUT2D eigenvalue weighted by Crippen LogP contribution is -3.00. The van der Waals surface area contributed by atoms with Crippen LogP contribution in [0.25, 0.3) is 0 Å². The van der Waals surface area contributed by atoms with Crippen LogP contribution in [0.3, 0.4) is 0 Å². The van der Waals surface area contributed by atoms with Gasteiger partial charge in [-0.3, -0.25) is 0 Å². The van der Waals surface area contributed by atoms with Crippen molar-refractivity contribution in [1.82, 2.24) is 0 Å². The molecule has 0 radical (unpaired) electrons. The monoisotopic (exact) mass is 1310 g/mol. The van der Waals surface area contributed by atoms with Crippen LogP contribution in [0.4, 0.5) is 0 Å². The zero-order chi connectivity index (χ0) is 39.0. The second kappa shape index (κ2) is 33.9. The molecule has 3 heterocycles. The molecule has 0 bridgehead atoms. The minimum Gasteiger partial charge on any atom is -1.00 e. The summed E-state index contributed by atoms with van der Waals surface area (Å²) in [7, 11) is 0. The van der Waals surface area contributed by atoms with Crippen LogP contribution in [0, 0.1) is 22.0 Å². The molecule has 4 rings (SSSR count). The van der Waals surface area contributed by atoms with Gasteiger partial charge in [0.15, 0.2) is 56.8 Å². The van der Waals surface area contributed by atoms with Crippen LogP contribution >= 0.6 is 67.8 Å². The van der Waals surface area contributed by atoms with Crippen molar-refractivity contribution in [3.8, 4) is 23.3 Å². The molecule has 3 aromatic heterocycles. The molecular weight excluding hydrogens is 1250 g/mol.